The molecule has 0 aromatic heterocycles. The maximum Gasteiger partial charge on any atom is 0.338 e. The molecule has 1 aromatic carbocycles. The third-order valence-electron chi connectivity index (χ3n) is 2.27. The van der Waals surface area contributed by atoms with E-state index in [1.165, 1.54) is 6.92 Å². The lowest BCUT2D eigenvalue weighted by molar-refractivity contribution is -0.131. The van der Waals surface area contributed by atoms with Crippen LogP contribution in [0.25, 0.3) is 0 Å². The Morgan fingerprint density at radius 2 is 1.82 bits per heavy atom. The fraction of sp³-hybridized carbons (Fsp3) is 0.385. The predicted molar refractivity (Wildman–Crippen MR) is 63.2 cm³/mol. The van der Waals surface area contributed by atoms with Gasteiger partial charge in [-0.05, 0) is 44.0 Å². The van der Waals surface area contributed by atoms with Crippen molar-refractivity contribution in [2.75, 3.05) is 6.61 Å². The summed E-state index contributed by atoms with van der Waals surface area (Å²) in [7, 11) is 0. The fourth-order valence-electron chi connectivity index (χ4n) is 1.48. The quantitative estimate of drug-likeness (QED) is 0.597. The molecule has 0 N–H and O–H groups in total. The summed E-state index contributed by atoms with van der Waals surface area (Å²) in [5, 5.41) is 0. The molecule has 0 heterocycles. The Balaban J connectivity index is 3.09. The Kier molecular flexibility index (Phi) is 4.26. The molecule has 0 aliphatic rings. The minimum Gasteiger partial charge on any atom is -0.462 e. The minimum atomic E-state index is -0.378. The maximum absolute atomic E-state index is 11.6. The number of benzene rings is 1. The topological polar surface area (TPSA) is 52.6 Å². The number of hydrogen-bond donors (Lipinski definition) is 0. The highest BCUT2D eigenvalue weighted by Crippen LogP contribution is 2.23. The lowest BCUT2D eigenvalue weighted by atomic mass is 10.0. The van der Waals surface area contributed by atoms with E-state index < -0.39 is 0 Å². The van der Waals surface area contributed by atoms with Gasteiger partial charge in [0.1, 0.15) is 5.75 Å². The number of aryl methyl sites for hydroxylation is 2. The van der Waals surface area contributed by atoms with Crippen LogP contribution in [0.1, 0.15) is 35.3 Å². The summed E-state index contributed by atoms with van der Waals surface area (Å²) < 4.78 is 9.97. The maximum atomic E-state index is 11.6. The number of rotatable bonds is 3. The molecular formula is C13H16O4. The van der Waals surface area contributed by atoms with Crippen LogP contribution in [0.3, 0.4) is 0 Å². The van der Waals surface area contributed by atoms with E-state index in [0.29, 0.717) is 17.9 Å². The molecule has 0 saturated carbocycles. The molecule has 4 heteroatoms. The van der Waals surface area contributed by atoms with Crippen LogP contribution in [-0.2, 0) is 9.53 Å². The first kappa shape index (κ1) is 13.2. The normalized spacial score (nSPS) is 9.88. The van der Waals surface area contributed by atoms with Gasteiger partial charge in [-0.15, -0.1) is 0 Å². The smallest absolute Gasteiger partial charge is 0.338 e. The first-order valence-corrected chi connectivity index (χ1v) is 5.42. The van der Waals surface area contributed by atoms with E-state index >= 15 is 0 Å². The zero-order valence-electron chi connectivity index (χ0n) is 10.5. The number of esters is 2. The van der Waals surface area contributed by atoms with Crippen LogP contribution in [0.15, 0.2) is 12.1 Å². The SMILES string of the molecule is CCOC(=O)c1cc(C)c(OC(C)=O)cc1C. The Bertz CT molecular complexity index is 449. The van der Waals surface area contributed by atoms with E-state index in [-0.39, 0.29) is 11.9 Å². The van der Waals surface area contributed by atoms with Gasteiger partial charge in [0.25, 0.3) is 0 Å². The first-order valence-electron chi connectivity index (χ1n) is 5.42. The van der Waals surface area contributed by atoms with Gasteiger partial charge in [0, 0.05) is 6.92 Å². The zero-order chi connectivity index (χ0) is 13.0. The van der Waals surface area contributed by atoms with Gasteiger partial charge in [-0.1, -0.05) is 0 Å². The van der Waals surface area contributed by atoms with Gasteiger partial charge < -0.3 is 9.47 Å². The van der Waals surface area contributed by atoms with Crippen LogP contribution < -0.4 is 4.74 Å². The molecule has 0 radical (unpaired) electrons. The van der Waals surface area contributed by atoms with Crippen molar-refractivity contribution in [3.63, 3.8) is 0 Å². The van der Waals surface area contributed by atoms with Gasteiger partial charge in [0.15, 0.2) is 0 Å². The average Bonchev–Trinajstić information content (AvgIpc) is 2.22. The molecule has 4 nitrogen and oxygen atoms in total. The van der Waals surface area contributed by atoms with Gasteiger partial charge in [-0.2, -0.15) is 0 Å². The largest absolute Gasteiger partial charge is 0.462 e. The third-order valence-corrected chi connectivity index (χ3v) is 2.27. The Hall–Kier alpha value is -1.84. The van der Waals surface area contributed by atoms with Crippen molar-refractivity contribution < 1.29 is 19.1 Å². The summed E-state index contributed by atoms with van der Waals surface area (Å²) >= 11 is 0. The van der Waals surface area contributed by atoms with Crippen LogP contribution in [-0.4, -0.2) is 18.5 Å². The van der Waals surface area contributed by atoms with Crippen molar-refractivity contribution in [3.05, 3.63) is 28.8 Å². The summed E-state index contributed by atoms with van der Waals surface area (Å²) in [6, 6.07) is 3.34. The lowest BCUT2D eigenvalue weighted by Crippen LogP contribution is -2.09. The highest BCUT2D eigenvalue weighted by atomic mass is 16.5. The number of carbonyl (C=O) groups is 2. The molecule has 0 saturated heterocycles. The highest BCUT2D eigenvalue weighted by Gasteiger charge is 2.13. The van der Waals surface area contributed by atoms with E-state index in [4.69, 9.17) is 9.47 Å². The van der Waals surface area contributed by atoms with Gasteiger partial charge in [-0.3, -0.25) is 4.79 Å². The lowest BCUT2D eigenvalue weighted by Gasteiger charge is -2.10. The van der Waals surface area contributed by atoms with Crippen molar-refractivity contribution in [2.24, 2.45) is 0 Å². The molecule has 17 heavy (non-hydrogen) atoms. The van der Waals surface area contributed by atoms with Gasteiger partial charge in [-0.25, -0.2) is 4.79 Å². The van der Waals surface area contributed by atoms with Gasteiger partial charge in [0.2, 0.25) is 0 Å². The second-order valence-electron chi connectivity index (χ2n) is 3.75. The fourth-order valence-corrected chi connectivity index (χ4v) is 1.48. The molecule has 0 fully saturated rings. The Morgan fingerprint density at radius 1 is 1.18 bits per heavy atom. The van der Waals surface area contributed by atoms with Crippen LogP contribution in [0, 0.1) is 13.8 Å². The van der Waals surface area contributed by atoms with Crippen LogP contribution >= 0.6 is 0 Å². The molecule has 0 spiro atoms. The molecule has 0 unspecified atom stereocenters. The standard InChI is InChI=1S/C13H16O4/c1-5-16-13(15)11-6-9(3)12(7-8(11)2)17-10(4)14/h6-7H,5H2,1-4H3. The predicted octanol–water partition coefficient (Wildman–Crippen LogP) is 2.41. The summed E-state index contributed by atoms with van der Waals surface area (Å²) in [5.74, 6) is -0.262. The molecule has 0 aliphatic heterocycles. The van der Waals surface area contributed by atoms with Crippen molar-refractivity contribution in [1.29, 1.82) is 0 Å². The molecule has 0 bridgehead atoms. The third kappa shape index (κ3) is 3.31. The van der Waals surface area contributed by atoms with Gasteiger partial charge >= 0.3 is 11.9 Å². The number of carbonyl (C=O) groups excluding carboxylic acids is 2. The van der Waals surface area contributed by atoms with E-state index in [9.17, 15) is 9.59 Å². The number of hydrogen-bond acceptors (Lipinski definition) is 4. The van der Waals surface area contributed by atoms with E-state index in [0.717, 1.165) is 11.1 Å². The van der Waals surface area contributed by atoms with Crippen molar-refractivity contribution in [2.45, 2.75) is 27.7 Å². The Morgan fingerprint density at radius 3 is 2.35 bits per heavy atom. The second-order valence-corrected chi connectivity index (χ2v) is 3.75. The molecule has 0 atom stereocenters. The van der Waals surface area contributed by atoms with Crippen LogP contribution in [0.4, 0.5) is 0 Å². The molecule has 0 aliphatic carbocycles. The van der Waals surface area contributed by atoms with E-state index in [1.54, 1.807) is 32.9 Å². The molecular weight excluding hydrogens is 220 g/mol. The summed E-state index contributed by atoms with van der Waals surface area (Å²) in [6.07, 6.45) is 0. The van der Waals surface area contributed by atoms with E-state index in [1.807, 2.05) is 0 Å². The first-order chi connectivity index (χ1) is 7.95. The average molecular weight is 236 g/mol. The van der Waals surface area contributed by atoms with Crippen molar-refractivity contribution in [3.8, 4) is 5.75 Å². The zero-order valence-corrected chi connectivity index (χ0v) is 10.5. The molecule has 0 amide bonds. The van der Waals surface area contributed by atoms with Gasteiger partial charge in [0.05, 0.1) is 12.2 Å². The minimum absolute atomic E-state index is 0.336. The van der Waals surface area contributed by atoms with Crippen LogP contribution in [0.5, 0.6) is 5.75 Å². The summed E-state index contributed by atoms with van der Waals surface area (Å²) in [5.41, 5.74) is 1.96. The molecule has 1 rings (SSSR count). The summed E-state index contributed by atoms with van der Waals surface area (Å²) in [4.78, 5) is 22.5. The van der Waals surface area contributed by atoms with Crippen molar-refractivity contribution in [1.82, 2.24) is 0 Å². The Labute approximate surface area is 101 Å². The number of ether oxygens (including phenoxy) is 2. The highest BCUT2D eigenvalue weighted by molar-refractivity contribution is 5.91. The van der Waals surface area contributed by atoms with Crippen molar-refractivity contribution >= 4 is 11.9 Å². The monoisotopic (exact) mass is 236 g/mol. The molecule has 92 valence electrons. The van der Waals surface area contributed by atoms with E-state index in [2.05, 4.69) is 0 Å². The van der Waals surface area contributed by atoms with Crippen LogP contribution in [0.2, 0.25) is 0 Å². The summed E-state index contributed by atoms with van der Waals surface area (Å²) in [6.45, 7) is 6.99. The second kappa shape index (κ2) is 5.48. The molecule has 1 aromatic rings.